The molecule has 1 aromatic heterocycles. The average Bonchev–Trinajstić information content (AvgIpc) is 2.89. The minimum absolute atomic E-state index is 0.172. The van der Waals surface area contributed by atoms with Crippen LogP contribution < -0.4 is 10.1 Å². The molecule has 18 heavy (non-hydrogen) atoms. The Bertz CT molecular complexity index is 497. The first kappa shape index (κ1) is 12.9. The minimum atomic E-state index is 0.172. The number of rotatable bonds is 5. The molecule has 0 fully saturated rings. The third-order valence-corrected chi connectivity index (χ3v) is 3.63. The van der Waals surface area contributed by atoms with Gasteiger partial charge in [-0.05, 0) is 47.0 Å². The summed E-state index contributed by atoms with van der Waals surface area (Å²) in [4.78, 5) is 0. The summed E-state index contributed by atoms with van der Waals surface area (Å²) in [6.45, 7) is 2.94. The lowest BCUT2D eigenvalue weighted by atomic mass is 10.1. The highest BCUT2D eigenvalue weighted by Gasteiger charge is 2.08. The van der Waals surface area contributed by atoms with Gasteiger partial charge in [-0.25, -0.2) is 0 Å². The summed E-state index contributed by atoms with van der Waals surface area (Å²) in [6, 6.07) is 7.75. The van der Waals surface area contributed by atoms with Crippen molar-refractivity contribution < 1.29 is 9.84 Å². The second kappa shape index (κ2) is 5.89. The van der Waals surface area contributed by atoms with Crippen molar-refractivity contribution in [1.29, 1.82) is 0 Å². The molecule has 0 aliphatic heterocycles. The number of phenols is 1. The first-order valence-electron chi connectivity index (χ1n) is 5.82. The van der Waals surface area contributed by atoms with Crippen molar-refractivity contribution in [2.75, 3.05) is 7.11 Å². The van der Waals surface area contributed by atoms with E-state index < -0.39 is 0 Å². The van der Waals surface area contributed by atoms with Gasteiger partial charge < -0.3 is 15.2 Å². The third kappa shape index (κ3) is 3.03. The summed E-state index contributed by atoms with van der Waals surface area (Å²) in [7, 11) is 1.56. The molecule has 0 aliphatic carbocycles. The molecular formula is C14H17NO2S. The first-order valence-corrected chi connectivity index (χ1v) is 6.76. The second-order valence-corrected chi connectivity index (χ2v) is 4.95. The van der Waals surface area contributed by atoms with Crippen molar-refractivity contribution in [3.63, 3.8) is 0 Å². The minimum Gasteiger partial charge on any atom is -0.504 e. The smallest absolute Gasteiger partial charge is 0.160 e. The fourth-order valence-corrected chi connectivity index (χ4v) is 2.41. The summed E-state index contributed by atoms with van der Waals surface area (Å²) in [6.07, 6.45) is 0. The van der Waals surface area contributed by atoms with Gasteiger partial charge in [0.1, 0.15) is 0 Å². The van der Waals surface area contributed by atoms with Gasteiger partial charge >= 0.3 is 0 Å². The van der Waals surface area contributed by atoms with Gasteiger partial charge in [0.2, 0.25) is 0 Å². The van der Waals surface area contributed by atoms with Crippen LogP contribution in [0.3, 0.4) is 0 Å². The molecule has 4 heteroatoms. The Balaban J connectivity index is 2.02. The normalized spacial score (nSPS) is 12.3. The van der Waals surface area contributed by atoms with Crippen LogP contribution in [0.5, 0.6) is 11.5 Å². The van der Waals surface area contributed by atoms with Gasteiger partial charge in [0.15, 0.2) is 11.5 Å². The number of benzene rings is 1. The van der Waals surface area contributed by atoms with Crippen LogP contribution in [-0.4, -0.2) is 12.2 Å². The molecule has 96 valence electrons. The summed E-state index contributed by atoms with van der Waals surface area (Å²) >= 11 is 1.70. The zero-order valence-electron chi connectivity index (χ0n) is 10.5. The van der Waals surface area contributed by atoms with Crippen LogP contribution in [0.1, 0.15) is 24.1 Å². The lowest BCUT2D eigenvalue weighted by molar-refractivity contribution is 0.372. The molecule has 0 saturated heterocycles. The van der Waals surface area contributed by atoms with E-state index in [9.17, 15) is 5.11 Å². The van der Waals surface area contributed by atoms with Gasteiger partial charge in [0.05, 0.1) is 7.11 Å². The molecule has 1 aromatic carbocycles. The van der Waals surface area contributed by atoms with Crippen molar-refractivity contribution in [3.05, 3.63) is 46.2 Å². The van der Waals surface area contributed by atoms with Crippen LogP contribution in [0.2, 0.25) is 0 Å². The van der Waals surface area contributed by atoms with Gasteiger partial charge in [-0.2, -0.15) is 11.3 Å². The van der Waals surface area contributed by atoms with Crippen LogP contribution in [0, 0.1) is 0 Å². The lowest BCUT2D eigenvalue weighted by Crippen LogP contribution is -2.17. The molecule has 0 spiro atoms. The zero-order valence-corrected chi connectivity index (χ0v) is 11.3. The molecule has 1 unspecified atom stereocenters. The van der Waals surface area contributed by atoms with E-state index in [0.29, 0.717) is 5.75 Å². The maximum Gasteiger partial charge on any atom is 0.160 e. The van der Waals surface area contributed by atoms with E-state index in [1.54, 1.807) is 24.5 Å². The molecule has 0 amide bonds. The Morgan fingerprint density at radius 1 is 1.39 bits per heavy atom. The van der Waals surface area contributed by atoms with E-state index in [0.717, 1.165) is 12.1 Å². The van der Waals surface area contributed by atoms with Gasteiger partial charge in [0, 0.05) is 12.6 Å². The van der Waals surface area contributed by atoms with E-state index >= 15 is 0 Å². The molecule has 2 rings (SSSR count). The number of hydrogen-bond acceptors (Lipinski definition) is 4. The van der Waals surface area contributed by atoms with Crippen molar-refractivity contribution in [1.82, 2.24) is 5.32 Å². The monoisotopic (exact) mass is 263 g/mol. The molecule has 0 saturated carbocycles. The van der Waals surface area contributed by atoms with E-state index in [1.165, 1.54) is 5.56 Å². The number of methoxy groups -OCH3 is 1. The Morgan fingerprint density at radius 2 is 2.22 bits per heavy atom. The Kier molecular flexibility index (Phi) is 4.23. The summed E-state index contributed by atoms with van der Waals surface area (Å²) in [5.41, 5.74) is 2.39. The first-order chi connectivity index (χ1) is 8.70. The molecule has 2 aromatic rings. The molecule has 3 nitrogen and oxygen atoms in total. The maximum atomic E-state index is 9.55. The molecule has 2 N–H and O–H groups in total. The largest absolute Gasteiger partial charge is 0.504 e. The third-order valence-electron chi connectivity index (χ3n) is 2.90. The zero-order chi connectivity index (χ0) is 13.0. The van der Waals surface area contributed by atoms with Crippen LogP contribution in [0.4, 0.5) is 0 Å². The quantitative estimate of drug-likeness (QED) is 0.869. The fourth-order valence-electron chi connectivity index (χ4n) is 1.75. The van der Waals surface area contributed by atoms with Crippen LogP contribution in [-0.2, 0) is 6.54 Å². The van der Waals surface area contributed by atoms with Gasteiger partial charge in [-0.15, -0.1) is 0 Å². The summed E-state index contributed by atoms with van der Waals surface area (Å²) in [5.74, 6) is 0.683. The van der Waals surface area contributed by atoms with Gasteiger partial charge in [-0.1, -0.05) is 6.07 Å². The highest BCUT2D eigenvalue weighted by Crippen LogP contribution is 2.28. The number of phenolic OH excluding ortho intramolecular Hbond substituents is 1. The predicted octanol–water partition coefficient (Wildman–Crippen LogP) is 3.31. The molecule has 0 radical (unpaired) electrons. The maximum absolute atomic E-state index is 9.55. The lowest BCUT2D eigenvalue weighted by Gasteiger charge is -2.15. The number of thiophene rings is 1. The van der Waals surface area contributed by atoms with E-state index in [2.05, 4.69) is 29.1 Å². The molecule has 1 atom stereocenters. The molecule has 0 aliphatic rings. The SMILES string of the molecule is COc1cc(C(C)NCc2ccsc2)ccc1O. The Labute approximate surface area is 111 Å². The fraction of sp³-hybridized carbons (Fsp3) is 0.286. The van der Waals surface area contributed by atoms with Crippen molar-refractivity contribution in [2.24, 2.45) is 0 Å². The number of aromatic hydroxyl groups is 1. The standard InChI is InChI=1S/C14H17NO2S/c1-10(15-8-11-5-6-18-9-11)12-3-4-13(16)14(7-12)17-2/h3-7,9-10,15-16H,8H2,1-2H3. The van der Waals surface area contributed by atoms with Crippen molar-refractivity contribution in [3.8, 4) is 11.5 Å². The topological polar surface area (TPSA) is 41.5 Å². The Morgan fingerprint density at radius 3 is 2.89 bits per heavy atom. The number of ether oxygens (including phenoxy) is 1. The summed E-state index contributed by atoms with van der Waals surface area (Å²) in [5, 5.41) is 17.2. The highest BCUT2D eigenvalue weighted by atomic mass is 32.1. The number of hydrogen-bond donors (Lipinski definition) is 2. The second-order valence-electron chi connectivity index (χ2n) is 4.17. The molecule has 0 bridgehead atoms. The van der Waals surface area contributed by atoms with E-state index in [-0.39, 0.29) is 11.8 Å². The summed E-state index contributed by atoms with van der Waals surface area (Å²) < 4.78 is 5.11. The Hall–Kier alpha value is -1.52. The molecule has 1 heterocycles. The van der Waals surface area contributed by atoms with E-state index in [1.807, 2.05) is 12.1 Å². The van der Waals surface area contributed by atoms with Crippen LogP contribution in [0.25, 0.3) is 0 Å². The van der Waals surface area contributed by atoms with Gasteiger partial charge in [0.25, 0.3) is 0 Å². The van der Waals surface area contributed by atoms with E-state index in [4.69, 9.17) is 4.74 Å². The predicted molar refractivity (Wildman–Crippen MR) is 74.2 cm³/mol. The number of nitrogens with one attached hydrogen (secondary N) is 1. The van der Waals surface area contributed by atoms with Crippen LogP contribution in [0.15, 0.2) is 35.0 Å². The average molecular weight is 263 g/mol. The van der Waals surface area contributed by atoms with Crippen LogP contribution >= 0.6 is 11.3 Å². The molecular weight excluding hydrogens is 246 g/mol. The van der Waals surface area contributed by atoms with Crippen molar-refractivity contribution in [2.45, 2.75) is 19.5 Å². The van der Waals surface area contributed by atoms with Crippen molar-refractivity contribution >= 4 is 11.3 Å². The highest BCUT2D eigenvalue weighted by molar-refractivity contribution is 7.07. The van der Waals surface area contributed by atoms with Gasteiger partial charge in [-0.3, -0.25) is 0 Å².